The maximum absolute atomic E-state index is 13.8. The largest absolute Gasteiger partial charge is 0.496 e. The van der Waals surface area contributed by atoms with Crippen LogP contribution in [0, 0.1) is 17.6 Å². The first-order valence-electron chi connectivity index (χ1n) is 7.91. The number of amides is 1. The van der Waals surface area contributed by atoms with Crippen molar-refractivity contribution < 1.29 is 23.4 Å². The fraction of sp³-hybridized carbons (Fsp3) is 0.333. The SMILES string of the molecule is COc1ccc(F)cc1[C@@H](NC(=O)c1ccncc1F)C1CC(O)C1. The summed E-state index contributed by atoms with van der Waals surface area (Å²) in [6, 6.07) is 4.71. The lowest BCUT2D eigenvalue weighted by molar-refractivity contribution is 0.0230. The quantitative estimate of drug-likeness (QED) is 0.871. The third-order valence-electron chi connectivity index (χ3n) is 4.45. The van der Waals surface area contributed by atoms with Crippen molar-refractivity contribution in [2.75, 3.05) is 7.11 Å². The van der Waals surface area contributed by atoms with Gasteiger partial charge in [-0.25, -0.2) is 8.78 Å². The van der Waals surface area contributed by atoms with Crippen LogP contribution in [0.1, 0.15) is 34.8 Å². The minimum atomic E-state index is -0.737. The number of pyridine rings is 1. The molecule has 0 unspecified atom stereocenters. The van der Waals surface area contributed by atoms with Crippen molar-refractivity contribution in [1.82, 2.24) is 10.3 Å². The number of halogens is 2. The number of aliphatic hydroxyl groups excluding tert-OH is 1. The molecule has 7 heteroatoms. The molecule has 5 nitrogen and oxygen atoms in total. The average molecular weight is 348 g/mol. The number of ether oxygens (including phenoxy) is 1. The van der Waals surface area contributed by atoms with Gasteiger partial charge in [-0.2, -0.15) is 0 Å². The zero-order valence-electron chi connectivity index (χ0n) is 13.6. The molecule has 0 bridgehead atoms. The Morgan fingerprint density at radius 2 is 2.12 bits per heavy atom. The summed E-state index contributed by atoms with van der Waals surface area (Å²) in [6.45, 7) is 0. The van der Waals surface area contributed by atoms with Crippen LogP contribution in [0.15, 0.2) is 36.7 Å². The van der Waals surface area contributed by atoms with Gasteiger partial charge >= 0.3 is 0 Å². The Balaban J connectivity index is 1.92. The van der Waals surface area contributed by atoms with Crippen molar-refractivity contribution in [1.29, 1.82) is 0 Å². The van der Waals surface area contributed by atoms with Gasteiger partial charge in [0.1, 0.15) is 11.6 Å². The second-order valence-corrected chi connectivity index (χ2v) is 6.08. The highest BCUT2D eigenvalue weighted by Crippen LogP contribution is 2.41. The van der Waals surface area contributed by atoms with E-state index < -0.39 is 29.7 Å². The van der Waals surface area contributed by atoms with Crippen molar-refractivity contribution in [2.24, 2.45) is 5.92 Å². The van der Waals surface area contributed by atoms with Crippen LogP contribution >= 0.6 is 0 Å². The molecule has 25 heavy (non-hydrogen) atoms. The molecule has 1 aliphatic carbocycles. The van der Waals surface area contributed by atoms with Gasteiger partial charge < -0.3 is 15.2 Å². The Hall–Kier alpha value is -2.54. The lowest BCUT2D eigenvalue weighted by Gasteiger charge is -2.38. The molecule has 0 saturated heterocycles. The van der Waals surface area contributed by atoms with E-state index >= 15 is 0 Å². The van der Waals surface area contributed by atoms with Crippen molar-refractivity contribution in [3.05, 3.63) is 59.4 Å². The topological polar surface area (TPSA) is 71.5 Å². The third-order valence-corrected chi connectivity index (χ3v) is 4.45. The van der Waals surface area contributed by atoms with E-state index in [1.165, 1.54) is 37.6 Å². The molecule has 0 radical (unpaired) electrons. The molecule has 1 amide bonds. The van der Waals surface area contributed by atoms with Crippen LogP contribution in [0.3, 0.4) is 0 Å². The Morgan fingerprint density at radius 3 is 2.76 bits per heavy atom. The van der Waals surface area contributed by atoms with Gasteiger partial charge in [-0.3, -0.25) is 9.78 Å². The van der Waals surface area contributed by atoms with Crippen LogP contribution in [0.25, 0.3) is 0 Å². The maximum atomic E-state index is 13.8. The summed E-state index contributed by atoms with van der Waals surface area (Å²) >= 11 is 0. The standard InChI is InChI=1S/C18H18F2N2O3/c1-25-16-3-2-11(19)8-14(16)17(10-6-12(23)7-10)22-18(24)13-4-5-21-9-15(13)20/h2-5,8-10,12,17,23H,6-7H2,1H3,(H,22,24)/t10?,12?,17-/m0/s1. The first-order chi connectivity index (χ1) is 12.0. The van der Waals surface area contributed by atoms with E-state index in [1.54, 1.807) is 0 Å². The zero-order valence-corrected chi connectivity index (χ0v) is 13.6. The van der Waals surface area contributed by atoms with E-state index in [2.05, 4.69) is 10.3 Å². The summed E-state index contributed by atoms with van der Waals surface area (Å²) in [6.07, 6.45) is 2.75. The highest BCUT2D eigenvalue weighted by atomic mass is 19.1. The molecule has 1 aromatic heterocycles. The first-order valence-corrected chi connectivity index (χ1v) is 7.91. The van der Waals surface area contributed by atoms with Crippen molar-refractivity contribution in [2.45, 2.75) is 25.0 Å². The molecule has 1 saturated carbocycles. The first kappa shape index (κ1) is 17.3. The number of nitrogens with zero attached hydrogens (tertiary/aromatic N) is 1. The van der Waals surface area contributed by atoms with Crippen LogP contribution < -0.4 is 10.1 Å². The average Bonchev–Trinajstić information content (AvgIpc) is 2.57. The third kappa shape index (κ3) is 3.61. The molecule has 3 rings (SSSR count). The molecule has 1 aromatic carbocycles. The Morgan fingerprint density at radius 1 is 1.36 bits per heavy atom. The summed E-state index contributed by atoms with van der Waals surface area (Å²) in [5, 5.41) is 12.4. The maximum Gasteiger partial charge on any atom is 0.254 e. The molecular formula is C18H18F2N2O3. The molecule has 1 heterocycles. The highest BCUT2D eigenvalue weighted by Gasteiger charge is 2.37. The van der Waals surface area contributed by atoms with E-state index in [1.807, 2.05) is 0 Å². The number of benzene rings is 1. The lowest BCUT2D eigenvalue weighted by atomic mass is 9.74. The number of carbonyl (C=O) groups excluding carboxylic acids is 1. The summed E-state index contributed by atoms with van der Waals surface area (Å²) in [4.78, 5) is 16.1. The normalized spacial score (nSPS) is 20.5. The molecule has 2 aromatic rings. The van der Waals surface area contributed by atoms with E-state index in [9.17, 15) is 18.7 Å². The van der Waals surface area contributed by atoms with Gasteiger partial charge in [0.2, 0.25) is 0 Å². The van der Waals surface area contributed by atoms with Crippen molar-refractivity contribution in [3.8, 4) is 5.75 Å². The summed E-state index contributed by atoms with van der Waals surface area (Å²) < 4.78 is 32.8. The number of aromatic nitrogens is 1. The monoisotopic (exact) mass is 348 g/mol. The van der Waals surface area contributed by atoms with Crippen molar-refractivity contribution >= 4 is 5.91 Å². The summed E-state index contributed by atoms with van der Waals surface area (Å²) in [5.41, 5.74) is 0.317. The number of rotatable bonds is 5. The number of nitrogens with one attached hydrogen (secondary N) is 1. The Bertz CT molecular complexity index is 779. The van der Waals surface area contributed by atoms with Crippen molar-refractivity contribution in [3.63, 3.8) is 0 Å². The molecule has 1 aliphatic rings. The van der Waals surface area contributed by atoms with E-state index in [4.69, 9.17) is 4.74 Å². The number of hydrogen-bond donors (Lipinski definition) is 2. The smallest absolute Gasteiger partial charge is 0.254 e. The molecule has 0 spiro atoms. The van der Waals surface area contributed by atoms with Gasteiger partial charge in [0.15, 0.2) is 5.82 Å². The van der Waals surface area contributed by atoms with Crippen LogP contribution in [-0.4, -0.2) is 29.2 Å². The van der Waals surface area contributed by atoms with Gasteiger partial charge in [0.05, 0.1) is 31.0 Å². The van der Waals surface area contributed by atoms with E-state index in [-0.39, 0.29) is 11.5 Å². The molecular weight excluding hydrogens is 330 g/mol. The summed E-state index contributed by atoms with van der Waals surface area (Å²) in [7, 11) is 1.45. The highest BCUT2D eigenvalue weighted by molar-refractivity contribution is 5.94. The molecule has 2 N–H and O–H groups in total. The molecule has 1 atom stereocenters. The predicted octanol–water partition coefficient (Wildman–Crippen LogP) is 2.61. The minimum absolute atomic E-state index is 0.0976. The molecule has 132 valence electrons. The lowest BCUT2D eigenvalue weighted by Crippen LogP contribution is -2.41. The van der Waals surface area contributed by atoms with Gasteiger partial charge in [-0.1, -0.05) is 0 Å². The number of methoxy groups -OCH3 is 1. The number of carbonyl (C=O) groups is 1. The summed E-state index contributed by atoms with van der Waals surface area (Å²) in [5.74, 6) is -1.51. The molecule has 0 aliphatic heterocycles. The fourth-order valence-electron chi connectivity index (χ4n) is 3.08. The van der Waals surface area contributed by atoms with Gasteiger partial charge in [0.25, 0.3) is 5.91 Å². The van der Waals surface area contributed by atoms with E-state index in [0.717, 1.165) is 6.20 Å². The van der Waals surface area contributed by atoms with Crippen LogP contribution in [0.2, 0.25) is 0 Å². The number of aliphatic hydroxyl groups is 1. The van der Waals surface area contributed by atoms with E-state index in [0.29, 0.717) is 24.2 Å². The van der Waals surface area contributed by atoms with Crippen LogP contribution in [-0.2, 0) is 0 Å². The molecule has 1 fully saturated rings. The minimum Gasteiger partial charge on any atom is -0.496 e. The van der Waals surface area contributed by atoms with Gasteiger partial charge in [-0.15, -0.1) is 0 Å². The Labute approximate surface area is 143 Å². The van der Waals surface area contributed by atoms with Gasteiger partial charge in [0, 0.05) is 11.8 Å². The predicted molar refractivity (Wildman–Crippen MR) is 86.1 cm³/mol. The van der Waals surface area contributed by atoms with Crippen LogP contribution in [0.4, 0.5) is 8.78 Å². The fourth-order valence-corrected chi connectivity index (χ4v) is 3.08. The zero-order chi connectivity index (χ0) is 18.0. The van der Waals surface area contributed by atoms with Crippen LogP contribution in [0.5, 0.6) is 5.75 Å². The number of hydrogen-bond acceptors (Lipinski definition) is 4. The second kappa shape index (κ2) is 7.14. The second-order valence-electron chi connectivity index (χ2n) is 6.08. The Kier molecular flexibility index (Phi) is 4.94. The van der Waals surface area contributed by atoms with Gasteiger partial charge in [-0.05, 0) is 43.0 Å².